The molecule has 0 unspecified atom stereocenters. The zero-order valence-corrected chi connectivity index (χ0v) is 7.70. The van der Waals surface area contributed by atoms with Crippen LogP contribution in [-0.2, 0) is 4.74 Å². The minimum absolute atomic E-state index is 1.02. The summed E-state index contributed by atoms with van der Waals surface area (Å²) in [6.45, 7) is 0. The number of hydrogen-bond donors (Lipinski definition) is 1. The highest BCUT2D eigenvalue weighted by Crippen LogP contribution is 2.25. The van der Waals surface area contributed by atoms with E-state index in [1.807, 2.05) is 7.05 Å². The molecule has 0 heterocycles. The lowest BCUT2D eigenvalue weighted by Crippen LogP contribution is -1.99. The topological polar surface area (TPSA) is 21.3 Å². The van der Waals surface area contributed by atoms with E-state index < -0.39 is 0 Å². The molecule has 0 saturated heterocycles. The van der Waals surface area contributed by atoms with Crippen LogP contribution in [0.1, 0.15) is 12.8 Å². The molecule has 0 spiro atoms. The van der Waals surface area contributed by atoms with Gasteiger partial charge < -0.3 is 4.74 Å². The van der Waals surface area contributed by atoms with Gasteiger partial charge in [-0.15, -0.1) is 0 Å². The normalized spacial score (nSPS) is 17.3. The highest BCUT2D eigenvalue weighted by Gasteiger charge is 2.07. The molecular weight excluding hydrogens is 158 g/mol. The van der Waals surface area contributed by atoms with Crippen molar-refractivity contribution in [3.63, 3.8) is 0 Å². The zero-order valence-electron chi connectivity index (χ0n) is 6.89. The van der Waals surface area contributed by atoms with E-state index in [-0.39, 0.29) is 0 Å². The van der Waals surface area contributed by atoms with Crippen LogP contribution in [0.25, 0.3) is 0 Å². The number of allylic oxidation sites excluding steroid dienone is 3. The number of rotatable bonds is 3. The first kappa shape index (κ1) is 8.68. The van der Waals surface area contributed by atoms with Crippen LogP contribution in [0, 0.1) is 0 Å². The van der Waals surface area contributed by atoms with Gasteiger partial charge in [0.2, 0.25) is 0 Å². The summed E-state index contributed by atoms with van der Waals surface area (Å²) in [6, 6.07) is 0. The molecule has 0 atom stereocenters. The molecule has 0 amide bonds. The first-order chi connectivity index (χ1) is 5.38. The van der Waals surface area contributed by atoms with Gasteiger partial charge in [-0.05, 0) is 31.5 Å². The second kappa shape index (κ2) is 4.46. The summed E-state index contributed by atoms with van der Waals surface area (Å²) in [4.78, 5) is 1.20. The van der Waals surface area contributed by atoms with Crippen LogP contribution in [0.15, 0.2) is 22.8 Å². The van der Waals surface area contributed by atoms with Crippen molar-refractivity contribution in [2.45, 2.75) is 12.8 Å². The summed E-state index contributed by atoms with van der Waals surface area (Å²) in [6.07, 6.45) is 6.39. The van der Waals surface area contributed by atoms with E-state index in [0.29, 0.717) is 0 Å². The van der Waals surface area contributed by atoms with Gasteiger partial charge >= 0.3 is 0 Å². The van der Waals surface area contributed by atoms with Gasteiger partial charge in [-0.2, -0.15) is 0 Å². The van der Waals surface area contributed by atoms with Crippen LogP contribution in [0.5, 0.6) is 0 Å². The van der Waals surface area contributed by atoms with Gasteiger partial charge in [0.1, 0.15) is 5.76 Å². The van der Waals surface area contributed by atoms with Crippen molar-refractivity contribution < 1.29 is 4.74 Å². The summed E-state index contributed by atoms with van der Waals surface area (Å²) in [5.41, 5.74) is 0. The maximum atomic E-state index is 5.22. The standard InChI is InChI=1S/C8H13NOS/c1-9-11-8-6-4-3-5-7(8)10-2/h4,6,9H,3,5H2,1-2H3. The fraction of sp³-hybridized carbons (Fsp3) is 0.500. The third kappa shape index (κ3) is 2.27. The average molecular weight is 171 g/mol. The molecule has 0 aromatic heterocycles. The Morgan fingerprint density at radius 2 is 2.45 bits per heavy atom. The molecule has 0 fully saturated rings. The van der Waals surface area contributed by atoms with E-state index in [0.717, 1.165) is 18.6 Å². The Bertz CT molecular complexity index is 187. The summed E-state index contributed by atoms with van der Waals surface area (Å²) in [7, 11) is 3.64. The number of methoxy groups -OCH3 is 1. The minimum atomic E-state index is 1.02. The van der Waals surface area contributed by atoms with E-state index in [1.165, 1.54) is 4.91 Å². The Hall–Kier alpha value is -0.410. The number of hydrogen-bond acceptors (Lipinski definition) is 3. The predicted octanol–water partition coefficient (Wildman–Crippen LogP) is 2.06. The molecule has 0 aliphatic heterocycles. The van der Waals surface area contributed by atoms with Crippen molar-refractivity contribution >= 4 is 11.9 Å². The third-order valence-corrected chi connectivity index (χ3v) is 2.33. The Kier molecular flexibility index (Phi) is 3.52. The van der Waals surface area contributed by atoms with Crippen LogP contribution in [-0.4, -0.2) is 14.2 Å². The summed E-state index contributed by atoms with van der Waals surface area (Å²) >= 11 is 1.60. The van der Waals surface area contributed by atoms with Gasteiger partial charge in [0.15, 0.2) is 0 Å². The van der Waals surface area contributed by atoms with Crippen LogP contribution in [0.2, 0.25) is 0 Å². The Morgan fingerprint density at radius 1 is 1.64 bits per heavy atom. The van der Waals surface area contributed by atoms with Crippen LogP contribution in [0.3, 0.4) is 0 Å². The van der Waals surface area contributed by atoms with Gasteiger partial charge in [-0.3, -0.25) is 4.72 Å². The molecule has 1 N–H and O–H groups in total. The molecule has 11 heavy (non-hydrogen) atoms. The fourth-order valence-corrected chi connectivity index (χ4v) is 1.71. The summed E-state index contributed by atoms with van der Waals surface area (Å²) in [5, 5.41) is 0. The van der Waals surface area contributed by atoms with Crippen molar-refractivity contribution in [1.29, 1.82) is 0 Å². The molecule has 62 valence electrons. The van der Waals surface area contributed by atoms with E-state index in [1.54, 1.807) is 19.1 Å². The van der Waals surface area contributed by atoms with Gasteiger partial charge in [0, 0.05) is 6.42 Å². The number of ether oxygens (including phenoxy) is 1. The molecule has 0 bridgehead atoms. The molecular formula is C8H13NOS. The zero-order chi connectivity index (χ0) is 8.10. The van der Waals surface area contributed by atoms with Crippen molar-refractivity contribution in [2.75, 3.05) is 14.2 Å². The third-order valence-electron chi connectivity index (χ3n) is 1.54. The second-order valence-electron chi connectivity index (χ2n) is 2.24. The van der Waals surface area contributed by atoms with Crippen LogP contribution in [0.4, 0.5) is 0 Å². The van der Waals surface area contributed by atoms with Gasteiger partial charge in [-0.1, -0.05) is 6.08 Å². The Balaban J connectivity index is 2.66. The highest BCUT2D eigenvalue weighted by atomic mass is 32.2. The van der Waals surface area contributed by atoms with Crippen molar-refractivity contribution in [1.82, 2.24) is 4.72 Å². The molecule has 1 aliphatic carbocycles. The van der Waals surface area contributed by atoms with Crippen molar-refractivity contribution in [2.24, 2.45) is 0 Å². The Labute approximate surface area is 71.8 Å². The van der Waals surface area contributed by atoms with E-state index >= 15 is 0 Å². The molecule has 1 rings (SSSR count). The highest BCUT2D eigenvalue weighted by molar-refractivity contribution is 8.01. The molecule has 0 saturated carbocycles. The van der Waals surface area contributed by atoms with Crippen molar-refractivity contribution in [3.8, 4) is 0 Å². The predicted molar refractivity (Wildman–Crippen MR) is 49.1 cm³/mol. The smallest absolute Gasteiger partial charge is 0.111 e. The molecule has 0 radical (unpaired) electrons. The maximum absolute atomic E-state index is 5.22. The van der Waals surface area contributed by atoms with Crippen LogP contribution < -0.4 is 4.72 Å². The average Bonchev–Trinajstić information content (AvgIpc) is 2.06. The van der Waals surface area contributed by atoms with Crippen LogP contribution >= 0.6 is 11.9 Å². The largest absolute Gasteiger partial charge is 0.500 e. The molecule has 3 heteroatoms. The first-order valence-electron chi connectivity index (χ1n) is 3.65. The summed E-state index contributed by atoms with van der Waals surface area (Å²) < 4.78 is 8.25. The van der Waals surface area contributed by atoms with Gasteiger partial charge in [-0.25, -0.2) is 0 Å². The SMILES string of the molecule is CNSC1=C(OC)CCC=C1. The summed E-state index contributed by atoms with van der Waals surface area (Å²) in [5.74, 6) is 1.09. The quantitative estimate of drug-likeness (QED) is 0.657. The van der Waals surface area contributed by atoms with E-state index in [9.17, 15) is 0 Å². The van der Waals surface area contributed by atoms with E-state index in [2.05, 4.69) is 16.9 Å². The second-order valence-corrected chi connectivity index (χ2v) is 3.29. The fourth-order valence-electron chi connectivity index (χ4n) is 1.02. The first-order valence-corrected chi connectivity index (χ1v) is 4.47. The lowest BCUT2D eigenvalue weighted by molar-refractivity contribution is 0.275. The minimum Gasteiger partial charge on any atom is -0.500 e. The molecule has 1 aliphatic rings. The lowest BCUT2D eigenvalue weighted by atomic mass is 10.2. The van der Waals surface area contributed by atoms with Crippen molar-refractivity contribution in [3.05, 3.63) is 22.8 Å². The lowest BCUT2D eigenvalue weighted by Gasteiger charge is -2.12. The Morgan fingerprint density at radius 3 is 3.09 bits per heavy atom. The molecule has 0 aromatic carbocycles. The van der Waals surface area contributed by atoms with Gasteiger partial charge in [0.05, 0.1) is 12.0 Å². The monoisotopic (exact) mass is 171 g/mol. The number of nitrogens with one attached hydrogen (secondary N) is 1. The molecule has 0 aromatic rings. The molecule has 2 nitrogen and oxygen atoms in total. The maximum Gasteiger partial charge on any atom is 0.111 e. The van der Waals surface area contributed by atoms with Gasteiger partial charge in [0.25, 0.3) is 0 Å². The van der Waals surface area contributed by atoms with E-state index in [4.69, 9.17) is 4.74 Å².